The quantitative estimate of drug-likeness (QED) is 0.784. The molecule has 1 heterocycles. The van der Waals surface area contributed by atoms with Crippen LogP contribution < -0.4 is 9.47 Å². The third-order valence-corrected chi connectivity index (χ3v) is 3.55. The fraction of sp³-hybridized carbons (Fsp3) is 0.200. The van der Waals surface area contributed by atoms with E-state index in [0.29, 0.717) is 24.3 Å². The van der Waals surface area contributed by atoms with Crippen LogP contribution in [0, 0.1) is 6.92 Å². The van der Waals surface area contributed by atoms with E-state index in [1.165, 1.54) is 0 Å². The minimum atomic E-state index is 0.309. The number of aryl methyl sites for hydroxylation is 1. The number of benzene rings is 1. The van der Waals surface area contributed by atoms with Crippen molar-refractivity contribution >= 4 is 22.2 Å². The van der Waals surface area contributed by atoms with Gasteiger partial charge in [-0.2, -0.15) is 0 Å². The molecule has 0 aliphatic heterocycles. The maximum Gasteiger partial charge on any atom is 0.172 e. The maximum absolute atomic E-state index is 11.0. The van der Waals surface area contributed by atoms with Crippen molar-refractivity contribution in [3.63, 3.8) is 0 Å². The largest absolute Gasteiger partial charge is 0.497 e. The highest BCUT2D eigenvalue weighted by atomic mass is 79.9. The van der Waals surface area contributed by atoms with Gasteiger partial charge in [-0.3, -0.25) is 4.79 Å². The number of hydrogen-bond donors (Lipinski definition) is 0. The first-order valence-electron chi connectivity index (χ1n) is 6.02. The van der Waals surface area contributed by atoms with Gasteiger partial charge in [-0.1, -0.05) is 15.9 Å². The first-order valence-corrected chi connectivity index (χ1v) is 6.81. The molecule has 0 fully saturated rings. The normalized spacial score (nSPS) is 10.2. The minimum Gasteiger partial charge on any atom is -0.497 e. The number of nitrogens with zero attached hydrogens (tertiary/aromatic N) is 1. The second-order valence-corrected chi connectivity index (χ2v) is 5.05. The average Bonchev–Trinajstić information content (AvgIpc) is 2.47. The summed E-state index contributed by atoms with van der Waals surface area (Å²) < 4.78 is 11.8. The monoisotopic (exact) mass is 335 g/mol. The predicted octanol–water partition coefficient (Wildman–Crippen LogP) is 3.55. The number of pyridine rings is 1. The molecule has 0 radical (unpaired) electrons. The van der Waals surface area contributed by atoms with Gasteiger partial charge in [-0.25, -0.2) is 4.98 Å². The Labute approximate surface area is 125 Å². The summed E-state index contributed by atoms with van der Waals surface area (Å²) in [5, 5.41) is 0. The molecule has 0 N–H and O–H groups in total. The highest BCUT2D eigenvalue weighted by molar-refractivity contribution is 9.10. The lowest BCUT2D eigenvalue weighted by atomic mass is 10.2. The van der Waals surface area contributed by atoms with Crippen LogP contribution in [0.25, 0.3) is 0 Å². The van der Waals surface area contributed by atoms with E-state index in [-0.39, 0.29) is 0 Å². The molecule has 20 heavy (non-hydrogen) atoms. The van der Waals surface area contributed by atoms with Crippen molar-refractivity contribution in [1.29, 1.82) is 0 Å². The zero-order valence-electron chi connectivity index (χ0n) is 11.2. The van der Waals surface area contributed by atoms with Gasteiger partial charge < -0.3 is 9.47 Å². The minimum absolute atomic E-state index is 0.309. The molecule has 0 saturated heterocycles. The topological polar surface area (TPSA) is 48.4 Å². The molecule has 4 nitrogen and oxygen atoms in total. The van der Waals surface area contributed by atoms with Crippen molar-refractivity contribution in [2.45, 2.75) is 13.5 Å². The van der Waals surface area contributed by atoms with E-state index >= 15 is 0 Å². The number of aromatic nitrogens is 1. The Hall–Kier alpha value is -1.88. The van der Waals surface area contributed by atoms with Gasteiger partial charge in [-0.05, 0) is 37.3 Å². The van der Waals surface area contributed by atoms with Gasteiger partial charge in [0, 0.05) is 15.7 Å². The van der Waals surface area contributed by atoms with Crippen LogP contribution in [0.4, 0.5) is 0 Å². The molecule has 104 valence electrons. The van der Waals surface area contributed by atoms with E-state index in [0.717, 1.165) is 21.5 Å². The lowest BCUT2D eigenvalue weighted by Gasteiger charge is -2.11. The summed E-state index contributed by atoms with van der Waals surface area (Å²) in [6.45, 7) is 2.15. The summed E-state index contributed by atoms with van der Waals surface area (Å²) in [5.74, 6) is 1.23. The highest BCUT2D eigenvalue weighted by Crippen LogP contribution is 2.24. The number of hydrogen-bond acceptors (Lipinski definition) is 4. The molecule has 0 amide bonds. The van der Waals surface area contributed by atoms with Crippen molar-refractivity contribution in [2.24, 2.45) is 0 Å². The molecule has 0 saturated carbocycles. The van der Waals surface area contributed by atoms with Crippen molar-refractivity contribution in [3.8, 4) is 11.5 Å². The Morgan fingerprint density at radius 2 is 2.10 bits per heavy atom. The van der Waals surface area contributed by atoms with Crippen LogP contribution in [-0.2, 0) is 6.61 Å². The van der Waals surface area contributed by atoms with E-state index in [1.54, 1.807) is 13.2 Å². The molecule has 5 heteroatoms. The van der Waals surface area contributed by atoms with Crippen LogP contribution in [0.5, 0.6) is 11.5 Å². The second-order valence-electron chi connectivity index (χ2n) is 4.20. The van der Waals surface area contributed by atoms with Crippen LogP contribution in [-0.4, -0.2) is 18.4 Å². The first kappa shape index (κ1) is 14.5. The predicted molar refractivity (Wildman–Crippen MR) is 79.4 cm³/mol. The fourth-order valence-electron chi connectivity index (χ4n) is 1.71. The number of methoxy groups -OCH3 is 1. The molecule has 2 rings (SSSR count). The van der Waals surface area contributed by atoms with Crippen LogP contribution in [0.3, 0.4) is 0 Å². The maximum atomic E-state index is 11.0. The van der Waals surface area contributed by atoms with E-state index in [2.05, 4.69) is 20.9 Å². The molecular formula is C15H14BrNO3. The Balaban J connectivity index is 2.18. The number of rotatable bonds is 5. The fourth-order valence-corrected chi connectivity index (χ4v) is 2.08. The van der Waals surface area contributed by atoms with Gasteiger partial charge in [-0.15, -0.1) is 0 Å². The molecule has 0 spiro atoms. The molecule has 0 aliphatic carbocycles. The van der Waals surface area contributed by atoms with Crippen molar-refractivity contribution in [1.82, 2.24) is 4.98 Å². The van der Waals surface area contributed by atoms with Crippen molar-refractivity contribution < 1.29 is 14.3 Å². The van der Waals surface area contributed by atoms with Gasteiger partial charge in [0.15, 0.2) is 6.29 Å². The van der Waals surface area contributed by atoms with Gasteiger partial charge in [0.25, 0.3) is 0 Å². The van der Waals surface area contributed by atoms with E-state index in [4.69, 9.17) is 9.47 Å². The smallest absolute Gasteiger partial charge is 0.172 e. The van der Waals surface area contributed by atoms with Crippen LogP contribution in [0.2, 0.25) is 0 Å². The Kier molecular flexibility index (Phi) is 4.74. The molecule has 2 aromatic rings. The van der Waals surface area contributed by atoms with Crippen LogP contribution in [0.15, 0.2) is 34.8 Å². The van der Waals surface area contributed by atoms with Gasteiger partial charge >= 0.3 is 0 Å². The van der Waals surface area contributed by atoms with Gasteiger partial charge in [0.1, 0.15) is 23.8 Å². The average molecular weight is 336 g/mol. The molecule has 0 aliphatic rings. The standard InChI is InChI=1S/C15H14BrNO3/c1-10-3-6-15(14(8-18)17-10)20-9-11-7-12(19-2)4-5-13(11)16/h3-8H,9H2,1-2H3. The number of halogens is 1. The Morgan fingerprint density at radius 1 is 1.30 bits per heavy atom. The number of carbonyl (C=O) groups is 1. The van der Waals surface area contributed by atoms with E-state index in [9.17, 15) is 4.79 Å². The molecule has 1 aromatic heterocycles. The van der Waals surface area contributed by atoms with Gasteiger partial charge in [0.05, 0.1) is 7.11 Å². The lowest BCUT2D eigenvalue weighted by molar-refractivity contribution is 0.111. The summed E-state index contributed by atoms with van der Waals surface area (Å²) in [6.07, 6.45) is 0.697. The van der Waals surface area contributed by atoms with E-state index < -0.39 is 0 Å². The molecule has 1 aromatic carbocycles. The van der Waals surface area contributed by atoms with Crippen LogP contribution in [0.1, 0.15) is 21.7 Å². The number of ether oxygens (including phenoxy) is 2. The lowest BCUT2D eigenvalue weighted by Crippen LogP contribution is -2.01. The molecule has 0 unspecified atom stereocenters. The van der Waals surface area contributed by atoms with Crippen LogP contribution >= 0.6 is 15.9 Å². The highest BCUT2D eigenvalue weighted by Gasteiger charge is 2.07. The Bertz CT molecular complexity index is 629. The summed E-state index contributed by atoms with van der Waals surface area (Å²) in [6, 6.07) is 9.19. The third kappa shape index (κ3) is 3.36. The summed E-state index contributed by atoms with van der Waals surface area (Å²) in [5.41, 5.74) is 2.02. The first-order chi connectivity index (χ1) is 9.63. The summed E-state index contributed by atoms with van der Waals surface area (Å²) in [4.78, 5) is 15.1. The molecule has 0 atom stereocenters. The molecule has 0 bridgehead atoms. The summed E-state index contributed by atoms with van der Waals surface area (Å²) in [7, 11) is 1.61. The number of aldehydes is 1. The zero-order chi connectivity index (χ0) is 14.5. The van der Waals surface area contributed by atoms with Gasteiger partial charge in [0.2, 0.25) is 0 Å². The third-order valence-electron chi connectivity index (χ3n) is 2.77. The number of carbonyl (C=O) groups excluding carboxylic acids is 1. The van der Waals surface area contributed by atoms with Crippen molar-refractivity contribution in [3.05, 3.63) is 51.8 Å². The summed E-state index contributed by atoms with van der Waals surface area (Å²) >= 11 is 3.46. The SMILES string of the molecule is COc1ccc(Br)c(COc2ccc(C)nc2C=O)c1. The zero-order valence-corrected chi connectivity index (χ0v) is 12.8. The van der Waals surface area contributed by atoms with Crippen molar-refractivity contribution in [2.75, 3.05) is 7.11 Å². The Morgan fingerprint density at radius 3 is 2.80 bits per heavy atom. The second kappa shape index (κ2) is 6.52. The molecular weight excluding hydrogens is 322 g/mol. The van der Waals surface area contributed by atoms with E-state index in [1.807, 2.05) is 31.2 Å².